The van der Waals surface area contributed by atoms with Gasteiger partial charge in [0.2, 0.25) is 0 Å². The van der Waals surface area contributed by atoms with E-state index in [1.807, 2.05) is 25.1 Å². The monoisotopic (exact) mass is 204 g/mol. The molecule has 1 heteroatoms. The summed E-state index contributed by atoms with van der Waals surface area (Å²) in [4.78, 5) is 12.0. The van der Waals surface area contributed by atoms with Crippen LogP contribution in [0.2, 0.25) is 0 Å². The third-order valence-corrected chi connectivity index (χ3v) is 2.90. The van der Waals surface area contributed by atoms with Crippen molar-refractivity contribution in [2.45, 2.75) is 40.0 Å². The van der Waals surface area contributed by atoms with Crippen molar-refractivity contribution in [3.05, 3.63) is 35.4 Å². The first-order chi connectivity index (χ1) is 7.06. The first kappa shape index (κ1) is 12.0. The van der Waals surface area contributed by atoms with Crippen LogP contribution in [-0.4, -0.2) is 5.78 Å². The third kappa shape index (κ3) is 2.92. The number of carbonyl (C=O) groups is 1. The normalized spacial score (nSPS) is 12.9. The van der Waals surface area contributed by atoms with Crippen molar-refractivity contribution in [2.24, 2.45) is 5.92 Å². The van der Waals surface area contributed by atoms with Crippen molar-refractivity contribution in [3.63, 3.8) is 0 Å². The molecule has 1 atom stereocenters. The average molecular weight is 204 g/mol. The number of hydrogen-bond donors (Lipinski definition) is 0. The van der Waals surface area contributed by atoms with E-state index >= 15 is 0 Å². The lowest BCUT2D eigenvalue weighted by atomic mass is 9.93. The van der Waals surface area contributed by atoms with Crippen LogP contribution in [0.5, 0.6) is 0 Å². The first-order valence-electron chi connectivity index (χ1n) is 5.70. The molecule has 0 aliphatic heterocycles. The molecule has 0 heterocycles. The van der Waals surface area contributed by atoms with E-state index in [2.05, 4.69) is 26.8 Å². The molecule has 0 aliphatic rings. The van der Waals surface area contributed by atoms with Crippen LogP contribution in [0.4, 0.5) is 0 Å². The molecular weight excluding hydrogens is 184 g/mol. The Morgan fingerprint density at radius 3 is 2.47 bits per heavy atom. The minimum absolute atomic E-state index is 0.132. The molecule has 1 aromatic carbocycles. The molecule has 15 heavy (non-hydrogen) atoms. The topological polar surface area (TPSA) is 17.1 Å². The Labute approximate surface area is 92.5 Å². The molecule has 1 aromatic rings. The number of benzene rings is 1. The van der Waals surface area contributed by atoms with Crippen LogP contribution in [0, 0.1) is 5.92 Å². The summed E-state index contributed by atoms with van der Waals surface area (Å²) < 4.78 is 0. The van der Waals surface area contributed by atoms with Gasteiger partial charge in [-0.25, -0.2) is 0 Å². The summed E-state index contributed by atoms with van der Waals surface area (Å²) in [5.41, 5.74) is 2.10. The molecule has 82 valence electrons. The predicted octanol–water partition coefficient (Wildman–Crippen LogP) is 4.04. The summed E-state index contributed by atoms with van der Waals surface area (Å²) in [7, 11) is 0. The molecule has 0 bridgehead atoms. The highest BCUT2D eigenvalue weighted by Crippen LogP contribution is 2.18. The molecule has 0 fully saturated rings. The van der Waals surface area contributed by atoms with Gasteiger partial charge in [-0.05, 0) is 24.0 Å². The van der Waals surface area contributed by atoms with Crippen molar-refractivity contribution in [1.29, 1.82) is 0 Å². The predicted molar refractivity (Wildman–Crippen MR) is 64.3 cm³/mol. The molecule has 0 saturated heterocycles. The van der Waals surface area contributed by atoms with Crippen LogP contribution in [-0.2, 0) is 0 Å². The van der Waals surface area contributed by atoms with Gasteiger partial charge in [0.15, 0.2) is 5.78 Å². The Morgan fingerprint density at radius 2 is 1.93 bits per heavy atom. The number of rotatable bonds is 4. The largest absolute Gasteiger partial charge is 0.294 e. The van der Waals surface area contributed by atoms with E-state index in [9.17, 15) is 4.79 Å². The zero-order chi connectivity index (χ0) is 11.4. The van der Waals surface area contributed by atoms with Crippen molar-refractivity contribution in [1.82, 2.24) is 0 Å². The average Bonchev–Trinajstić information content (AvgIpc) is 2.27. The Kier molecular flexibility index (Phi) is 4.07. The van der Waals surface area contributed by atoms with E-state index in [0.29, 0.717) is 5.92 Å². The maximum Gasteiger partial charge on any atom is 0.165 e. The molecule has 0 aliphatic carbocycles. The Hall–Kier alpha value is -1.11. The maximum absolute atomic E-state index is 12.0. The highest BCUT2D eigenvalue weighted by Gasteiger charge is 2.13. The molecule has 0 amide bonds. The van der Waals surface area contributed by atoms with E-state index in [4.69, 9.17) is 0 Å². The third-order valence-electron chi connectivity index (χ3n) is 2.90. The van der Waals surface area contributed by atoms with Crippen molar-refractivity contribution in [3.8, 4) is 0 Å². The second-order valence-electron chi connectivity index (χ2n) is 4.45. The van der Waals surface area contributed by atoms with Crippen LogP contribution < -0.4 is 0 Å². The molecule has 1 rings (SSSR count). The zero-order valence-electron chi connectivity index (χ0n) is 10.1. The van der Waals surface area contributed by atoms with Gasteiger partial charge in [-0.3, -0.25) is 4.79 Å². The summed E-state index contributed by atoms with van der Waals surface area (Å²) in [6.45, 7) is 8.33. The highest BCUT2D eigenvalue weighted by molar-refractivity contribution is 5.97. The van der Waals surface area contributed by atoms with E-state index in [1.165, 1.54) is 5.56 Å². The fourth-order valence-corrected chi connectivity index (χ4v) is 1.52. The fraction of sp³-hybridized carbons (Fsp3) is 0.500. The molecule has 1 unspecified atom stereocenters. The number of carbonyl (C=O) groups excluding carboxylic acids is 1. The van der Waals surface area contributed by atoms with Gasteiger partial charge < -0.3 is 0 Å². The van der Waals surface area contributed by atoms with E-state index in [-0.39, 0.29) is 11.7 Å². The highest BCUT2D eigenvalue weighted by atomic mass is 16.1. The molecule has 0 aromatic heterocycles. The van der Waals surface area contributed by atoms with Crippen LogP contribution in [0.15, 0.2) is 24.3 Å². The van der Waals surface area contributed by atoms with Gasteiger partial charge in [0, 0.05) is 11.5 Å². The SMILES string of the molecule is CCC(C)C(=O)c1cccc(C(C)C)c1. The summed E-state index contributed by atoms with van der Waals surface area (Å²) in [5.74, 6) is 0.877. The van der Waals surface area contributed by atoms with E-state index in [1.54, 1.807) is 0 Å². The fourth-order valence-electron chi connectivity index (χ4n) is 1.52. The Balaban J connectivity index is 2.95. The van der Waals surface area contributed by atoms with Crippen LogP contribution in [0.1, 0.15) is 56.0 Å². The summed E-state index contributed by atoms with van der Waals surface area (Å²) in [5, 5.41) is 0. The Morgan fingerprint density at radius 1 is 1.27 bits per heavy atom. The second kappa shape index (κ2) is 5.11. The van der Waals surface area contributed by atoms with E-state index < -0.39 is 0 Å². The quantitative estimate of drug-likeness (QED) is 0.676. The van der Waals surface area contributed by atoms with Gasteiger partial charge in [0.05, 0.1) is 0 Å². The van der Waals surface area contributed by atoms with Crippen LogP contribution >= 0.6 is 0 Å². The zero-order valence-corrected chi connectivity index (χ0v) is 10.1. The van der Waals surface area contributed by atoms with Gasteiger partial charge in [-0.1, -0.05) is 45.9 Å². The maximum atomic E-state index is 12.0. The van der Waals surface area contributed by atoms with E-state index in [0.717, 1.165) is 12.0 Å². The van der Waals surface area contributed by atoms with Crippen molar-refractivity contribution < 1.29 is 4.79 Å². The lowest BCUT2D eigenvalue weighted by Crippen LogP contribution is -2.10. The minimum atomic E-state index is 0.132. The molecule has 1 nitrogen and oxygen atoms in total. The van der Waals surface area contributed by atoms with Crippen molar-refractivity contribution >= 4 is 5.78 Å². The molecule has 0 saturated carbocycles. The minimum Gasteiger partial charge on any atom is -0.294 e. The van der Waals surface area contributed by atoms with Crippen LogP contribution in [0.25, 0.3) is 0 Å². The molecule has 0 radical (unpaired) electrons. The summed E-state index contributed by atoms with van der Waals surface area (Å²) in [6, 6.07) is 8.00. The summed E-state index contributed by atoms with van der Waals surface area (Å²) in [6.07, 6.45) is 0.907. The molecule has 0 N–H and O–H groups in total. The molecular formula is C14H20O. The van der Waals surface area contributed by atoms with Gasteiger partial charge in [-0.2, -0.15) is 0 Å². The number of hydrogen-bond acceptors (Lipinski definition) is 1. The van der Waals surface area contributed by atoms with Gasteiger partial charge in [0.1, 0.15) is 0 Å². The number of ketones is 1. The first-order valence-corrected chi connectivity index (χ1v) is 5.70. The lowest BCUT2D eigenvalue weighted by molar-refractivity contribution is 0.0927. The standard InChI is InChI=1S/C14H20O/c1-5-11(4)14(15)13-8-6-7-12(9-13)10(2)3/h6-11H,5H2,1-4H3. The summed E-state index contributed by atoms with van der Waals surface area (Å²) >= 11 is 0. The second-order valence-corrected chi connectivity index (χ2v) is 4.45. The van der Waals surface area contributed by atoms with Crippen molar-refractivity contribution in [2.75, 3.05) is 0 Å². The van der Waals surface area contributed by atoms with Gasteiger partial charge >= 0.3 is 0 Å². The smallest absolute Gasteiger partial charge is 0.165 e. The van der Waals surface area contributed by atoms with Gasteiger partial charge in [0.25, 0.3) is 0 Å². The molecule has 0 spiro atoms. The van der Waals surface area contributed by atoms with Crippen LogP contribution in [0.3, 0.4) is 0 Å². The number of Topliss-reactive ketones (excluding diaryl/α,β-unsaturated/α-hetero) is 1. The Bertz CT molecular complexity index is 339. The van der Waals surface area contributed by atoms with Gasteiger partial charge in [-0.15, -0.1) is 0 Å². The lowest BCUT2D eigenvalue weighted by Gasteiger charge is -2.10.